The monoisotopic (exact) mass is 310 g/mol. The first-order valence-electron chi connectivity index (χ1n) is 6.73. The topological polar surface area (TPSA) is 151 Å². The molecular formula is C14H18N2O6. The van der Waals surface area contributed by atoms with Crippen molar-refractivity contribution in [2.45, 2.75) is 25.7 Å². The molecule has 5 N–H and O–H groups in total. The number of nitrogens with one attached hydrogen (secondary N) is 1. The van der Waals surface area contributed by atoms with Gasteiger partial charge in [0.05, 0.1) is 6.26 Å². The minimum atomic E-state index is -0.744. The summed E-state index contributed by atoms with van der Waals surface area (Å²) in [5.41, 5.74) is 1.93. The SMILES string of the molecule is NNC(=O)c1ccco1.O.O=C1C(=O)C2CCCCC2C1=O. The fourth-order valence-corrected chi connectivity index (χ4v) is 2.70. The van der Waals surface area contributed by atoms with E-state index in [1.165, 1.54) is 12.3 Å². The van der Waals surface area contributed by atoms with Gasteiger partial charge in [-0.25, -0.2) is 5.84 Å². The number of hydrogen-bond donors (Lipinski definition) is 2. The van der Waals surface area contributed by atoms with E-state index < -0.39 is 23.3 Å². The number of hydrazine groups is 1. The van der Waals surface area contributed by atoms with Gasteiger partial charge < -0.3 is 9.89 Å². The van der Waals surface area contributed by atoms with E-state index in [4.69, 9.17) is 10.3 Å². The molecule has 0 bridgehead atoms. The van der Waals surface area contributed by atoms with Crippen molar-refractivity contribution in [1.29, 1.82) is 0 Å². The molecule has 2 unspecified atom stereocenters. The highest BCUT2D eigenvalue weighted by Crippen LogP contribution is 2.36. The van der Waals surface area contributed by atoms with E-state index in [-0.39, 0.29) is 23.1 Å². The molecule has 0 saturated heterocycles. The van der Waals surface area contributed by atoms with Crippen LogP contribution in [-0.2, 0) is 14.4 Å². The fourth-order valence-electron chi connectivity index (χ4n) is 2.70. The first kappa shape index (κ1) is 17.7. The van der Waals surface area contributed by atoms with Crippen LogP contribution in [0.3, 0.4) is 0 Å². The summed E-state index contributed by atoms with van der Waals surface area (Å²) in [6.45, 7) is 0. The van der Waals surface area contributed by atoms with Crippen LogP contribution in [0.2, 0.25) is 0 Å². The maximum absolute atomic E-state index is 11.2. The first-order valence-corrected chi connectivity index (χ1v) is 6.73. The largest absolute Gasteiger partial charge is 0.459 e. The number of hydrogen-bond acceptors (Lipinski definition) is 6. The third kappa shape index (κ3) is 3.46. The lowest BCUT2D eigenvalue weighted by molar-refractivity contribution is -0.141. The molecule has 120 valence electrons. The zero-order valence-corrected chi connectivity index (χ0v) is 11.8. The van der Waals surface area contributed by atoms with E-state index in [2.05, 4.69) is 0 Å². The fraction of sp³-hybridized carbons (Fsp3) is 0.429. The van der Waals surface area contributed by atoms with Crippen molar-refractivity contribution < 1.29 is 29.1 Å². The minimum Gasteiger partial charge on any atom is -0.459 e. The standard InChI is InChI=1S/C9H10O3.C5H6N2O2.H2O/c10-7-5-3-1-2-4-6(5)8(11)9(7)12;6-7-5(8)4-2-1-3-9-4;/h5-6H,1-4H2;1-3H,6H2,(H,7,8);1H2. The van der Waals surface area contributed by atoms with Crippen LogP contribution >= 0.6 is 0 Å². The normalized spacial score (nSPS) is 23.0. The summed E-state index contributed by atoms with van der Waals surface area (Å²) >= 11 is 0. The van der Waals surface area contributed by atoms with Crippen molar-refractivity contribution in [3.63, 3.8) is 0 Å². The molecule has 2 aliphatic rings. The van der Waals surface area contributed by atoms with Crippen LogP contribution in [0.1, 0.15) is 36.2 Å². The van der Waals surface area contributed by atoms with Gasteiger partial charge >= 0.3 is 5.91 Å². The van der Waals surface area contributed by atoms with Crippen LogP contribution in [0.5, 0.6) is 0 Å². The number of Topliss-reactive ketones (excluding diaryl/α,β-unsaturated/α-hetero) is 3. The number of amides is 1. The Morgan fingerprint density at radius 3 is 2.09 bits per heavy atom. The average molecular weight is 310 g/mol. The molecule has 8 heteroatoms. The number of rotatable bonds is 1. The number of nitrogens with two attached hydrogens (primary N) is 1. The van der Waals surface area contributed by atoms with Gasteiger partial charge in [0, 0.05) is 11.8 Å². The molecule has 22 heavy (non-hydrogen) atoms. The zero-order chi connectivity index (χ0) is 15.4. The van der Waals surface area contributed by atoms with Crippen molar-refractivity contribution in [1.82, 2.24) is 5.43 Å². The maximum atomic E-state index is 11.2. The van der Waals surface area contributed by atoms with Crippen LogP contribution in [0.25, 0.3) is 0 Å². The molecule has 1 heterocycles. The molecule has 3 rings (SSSR count). The highest BCUT2D eigenvalue weighted by atomic mass is 16.3. The molecule has 2 saturated carbocycles. The number of carbonyl (C=O) groups is 4. The smallest absolute Gasteiger partial charge is 0.300 e. The van der Waals surface area contributed by atoms with Gasteiger partial charge in [-0.05, 0) is 25.0 Å². The Balaban J connectivity index is 0.000000219. The Kier molecular flexibility index (Phi) is 6.14. The van der Waals surface area contributed by atoms with Crippen LogP contribution in [0.15, 0.2) is 22.8 Å². The summed E-state index contributed by atoms with van der Waals surface area (Å²) in [4.78, 5) is 43.9. The van der Waals surface area contributed by atoms with E-state index in [9.17, 15) is 19.2 Å². The molecule has 2 atom stereocenters. The third-order valence-corrected chi connectivity index (χ3v) is 3.76. The van der Waals surface area contributed by atoms with Crippen molar-refractivity contribution in [3.8, 4) is 0 Å². The zero-order valence-electron chi connectivity index (χ0n) is 11.8. The van der Waals surface area contributed by atoms with E-state index in [1.807, 2.05) is 5.43 Å². The molecule has 0 aromatic carbocycles. The molecule has 2 fully saturated rings. The molecular weight excluding hydrogens is 292 g/mol. The van der Waals surface area contributed by atoms with Crippen LogP contribution in [0, 0.1) is 11.8 Å². The molecule has 1 amide bonds. The number of ketones is 3. The molecule has 0 aliphatic heterocycles. The summed E-state index contributed by atoms with van der Waals surface area (Å²) in [5, 5.41) is 0. The summed E-state index contributed by atoms with van der Waals surface area (Å²) in [7, 11) is 0. The van der Waals surface area contributed by atoms with Gasteiger partial charge in [0.1, 0.15) is 0 Å². The van der Waals surface area contributed by atoms with E-state index in [0.29, 0.717) is 0 Å². The highest BCUT2D eigenvalue weighted by Gasteiger charge is 2.48. The van der Waals surface area contributed by atoms with Gasteiger partial charge in [0.15, 0.2) is 5.76 Å². The minimum absolute atomic E-state index is 0. The molecule has 2 aliphatic carbocycles. The Hall–Kier alpha value is -2.32. The van der Waals surface area contributed by atoms with E-state index in [0.717, 1.165) is 25.7 Å². The summed E-state index contributed by atoms with van der Waals surface area (Å²) in [6, 6.07) is 3.15. The molecule has 1 aromatic rings. The number of fused-ring (bicyclic) bond motifs is 1. The van der Waals surface area contributed by atoms with Gasteiger partial charge in [-0.2, -0.15) is 0 Å². The Bertz CT molecular complexity index is 540. The maximum Gasteiger partial charge on any atom is 0.300 e. The van der Waals surface area contributed by atoms with Gasteiger partial charge in [0.2, 0.25) is 11.6 Å². The Labute approximate surface area is 126 Å². The predicted octanol–water partition coefficient (Wildman–Crippen LogP) is -0.428. The molecule has 8 nitrogen and oxygen atoms in total. The van der Waals surface area contributed by atoms with Crippen LogP contribution in [-0.4, -0.2) is 28.7 Å². The van der Waals surface area contributed by atoms with E-state index >= 15 is 0 Å². The van der Waals surface area contributed by atoms with Crippen LogP contribution < -0.4 is 11.3 Å². The van der Waals surface area contributed by atoms with Crippen molar-refractivity contribution in [2.75, 3.05) is 0 Å². The van der Waals surface area contributed by atoms with Crippen molar-refractivity contribution in [2.24, 2.45) is 17.7 Å². The summed E-state index contributed by atoms with van der Waals surface area (Å²) in [6.07, 6.45) is 4.84. The van der Waals surface area contributed by atoms with Gasteiger partial charge in [-0.15, -0.1) is 0 Å². The number of furan rings is 1. The Morgan fingerprint density at radius 1 is 1.14 bits per heavy atom. The summed E-state index contributed by atoms with van der Waals surface area (Å²) in [5.74, 6) is 2.51. The second-order valence-corrected chi connectivity index (χ2v) is 5.01. The molecule has 1 aromatic heterocycles. The van der Waals surface area contributed by atoms with Gasteiger partial charge in [0.25, 0.3) is 5.78 Å². The average Bonchev–Trinajstić information content (AvgIpc) is 3.13. The number of nitrogen functional groups attached to an aromatic ring is 1. The predicted molar refractivity (Wildman–Crippen MR) is 74.4 cm³/mol. The third-order valence-electron chi connectivity index (χ3n) is 3.76. The van der Waals surface area contributed by atoms with E-state index in [1.54, 1.807) is 6.07 Å². The quantitative estimate of drug-likeness (QED) is 0.311. The highest BCUT2D eigenvalue weighted by molar-refractivity contribution is 6.68. The molecule has 0 spiro atoms. The Morgan fingerprint density at radius 2 is 1.68 bits per heavy atom. The van der Waals surface area contributed by atoms with Gasteiger partial charge in [-0.3, -0.25) is 24.6 Å². The lowest BCUT2D eigenvalue weighted by Gasteiger charge is -2.20. The summed E-state index contributed by atoms with van der Waals surface area (Å²) < 4.78 is 4.69. The van der Waals surface area contributed by atoms with Gasteiger partial charge in [-0.1, -0.05) is 12.8 Å². The second-order valence-electron chi connectivity index (χ2n) is 5.01. The molecule has 0 radical (unpaired) electrons. The lowest BCUT2D eigenvalue weighted by atomic mass is 9.81. The van der Waals surface area contributed by atoms with Crippen molar-refractivity contribution in [3.05, 3.63) is 24.2 Å². The lowest BCUT2D eigenvalue weighted by Crippen LogP contribution is -2.29. The van der Waals surface area contributed by atoms with Crippen molar-refractivity contribution >= 4 is 23.3 Å². The number of carbonyl (C=O) groups excluding carboxylic acids is 4. The first-order chi connectivity index (χ1) is 10.1. The van der Waals surface area contributed by atoms with Crippen LogP contribution in [0.4, 0.5) is 0 Å². The second kappa shape index (κ2) is 7.62.